The quantitative estimate of drug-likeness (QED) is 0.379. The summed E-state index contributed by atoms with van der Waals surface area (Å²) in [5, 5.41) is 6.13. The van der Waals surface area contributed by atoms with Gasteiger partial charge in [0.1, 0.15) is 5.52 Å². The van der Waals surface area contributed by atoms with Crippen LogP contribution in [0.4, 0.5) is 5.69 Å². The van der Waals surface area contributed by atoms with Gasteiger partial charge in [0.05, 0.1) is 6.54 Å². The zero-order chi connectivity index (χ0) is 23.8. The molecule has 0 bridgehead atoms. The normalized spacial score (nSPS) is 11.4. The fraction of sp³-hybridized carbons (Fsp3) is 0.179. The van der Waals surface area contributed by atoms with E-state index in [-0.39, 0.29) is 29.7 Å². The molecular weight excluding hydrogens is 424 g/mol. The fourth-order valence-corrected chi connectivity index (χ4v) is 4.59. The first-order chi connectivity index (χ1) is 16.5. The largest absolute Gasteiger partial charge is 0.339 e. The van der Waals surface area contributed by atoms with E-state index in [0.717, 1.165) is 22.2 Å². The van der Waals surface area contributed by atoms with E-state index in [2.05, 4.69) is 5.10 Å². The van der Waals surface area contributed by atoms with Crippen LogP contribution in [0.2, 0.25) is 0 Å². The summed E-state index contributed by atoms with van der Waals surface area (Å²) in [6, 6.07) is 26.9. The number of nitrogens with zero attached hydrogens (tertiary/aromatic N) is 4. The van der Waals surface area contributed by atoms with Gasteiger partial charge in [0, 0.05) is 35.1 Å². The van der Waals surface area contributed by atoms with E-state index in [1.165, 1.54) is 4.68 Å². The molecule has 1 amide bonds. The van der Waals surface area contributed by atoms with Gasteiger partial charge in [-0.3, -0.25) is 9.59 Å². The Bertz CT molecular complexity index is 1550. The van der Waals surface area contributed by atoms with Crippen molar-refractivity contribution in [3.8, 4) is 0 Å². The summed E-state index contributed by atoms with van der Waals surface area (Å²) in [4.78, 5) is 29.5. The predicted molar refractivity (Wildman–Crippen MR) is 136 cm³/mol. The molecule has 0 aliphatic rings. The molecular formula is C28H26N4O2. The van der Waals surface area contributed by atoms with Crippen LogP contribution in [0.15, 0.2) is 89.7 Å². The molecule has 0 fully saturated rings. The summed E-state index contributed by atoms with van der Waals surface area (Å²) >= 11 is 0. The molecule has 34 heavy (non-hydrogen) atoms. The van der Waals surface area contributed by atoms with Crippen molar-refractivity contribution < 1.29 is 4.79 Å². The van der Waals surface area contributed by atoms with Crippen molar-refractivity contribution in [1.82, 2.24) is 14.3 Å². The Hall–Kier alpha value is -4.19. The molecule has 0 unspecified atom stereocenters. The summed E-state index contributed by atoms with van der Waals surface area (Å²) in [7, 11) is 1.87. The molecule has 6 heteroatoms. The first kappa shape index (κ1) is 21.6. The summed E-state index contributed by atoms with van der Waals surface area (Å²) in [5.41, 5.74) is 3.16. The number of aryl methyl sites for hydroxylation is 1. The number of anilines is 1. The van der Waals surface area contributed by atoms with Gasteiger partial charge in [-0.05, 0) is 37.6 Å². The average molecular weight is 451 g/mol. The smallest absolute Gasteiger partial charge is 0.291 e. The van der Waals surface area contributed by atoms with Gasteiger partial charge in [0.2, 0.25) is 0 Å². The summed E-state index contributed by atoms with van der Waals surface area (Å²) in [6.07, 6.45) is 0. The van der Waals surface area contributed by atoms with Crippen molar-refractivity contribution in [2.75, 3.05) is 4.90 Å². The summed E-state index contributed by atoms with van der Waals surface area (Å²) in [6.45, 7) is 4.24. The van der Waals surface area contributed by atoms with Crippen LogP contribution >= 0.6 is 0 Å². The van der Waals surface area contributed by atoms with Crippen LogP contribution in [0.25, 0.3) is 21.8 Å². The lowest BCUT2D eigenvalue weighted by Gasteiger charge is -2.27. The minimum Gasteiger partial charge on any atom is -0.339 e. The highest BCUT2D eigenvalue weighted by atomic mass is 16.2. The number of fused-ring (bicyclic) bond motifs is 3. The molecule has 5 rings (SSSR count). The van der Waals surface area contributed by atoms with E-state index in [9.17, 15) is 9.59 Å². The van der Waals surface area contributed by atoms with Crippen molar-refractivity contribution in [3.05, 3.63) is 107 Å². The number of aromatic nitrogens is 3. The number of carbonyl (C=O) groups excluding carboxylic acids is 1. The Kier molecular flexibility index (Phi) is 5.49. The van der Waals surface area contributed by atoms with Crippen molar-refractivity contribution in [2.24, 2.45) is 7.05 Å². The van der Waals surface area contributed by atoms with E-state index in [1.807, 2.05) is 110 Å². The van der Waals surface area contributed by atoms with Crippen molar-refractivity contribution in [2.45, 2.75) is 26.4 Å². The number of hydrogen-bond acceptors (Lipinski definition) is 3. The molecule has 0 saturated heterocycles. The van der Waals surface area contributed by atoms with Crippen LogP contribution < -0.4 is 10.5 Å². The molecule has 0 saturated carbocycles. The maximum absolute atomic E-state index is 14.1. The lowest BCUT2D eigenvalue weighted by Crippen LogP contribution is -2.39. The molecule has 2 aromatic heterocycles. The van der Waals surface area contributed by atoms with Crippen LogP contribution in [-0.2, 0) is 13.6 Å². The minimum atomic E-state index is -0.232. The second-order valence-corrected chi connectivity index (χ2v) is 8.70. The van der Waals surface area contributed by atoms with Crippen molar-refractivity contribution in [3.63, 3.8) is 0 Å². The van der Waals surface area contributed by atoms with E-state index < -0.39 is 0 Å². The van der Waals surface area contributed by atoms with Crippen LogP contribution in [0, 0.1) is 0 Å². The monoisotopic (exact) mass is 450 g/mol. The topological polar surface area (TPSA) is 60.1 Å². The van der Waals surface area contributed by atoms with Crippen LogP contribution in [0.3, 0.4) is 0 Å². The standard InChI is InChI=1S/C28H26N4O2/c1-19(2)32(21-14-8-5-9-15-21)27(33)25-24-22-16-10-11-17-23(22)30(3)26(24)28(34)31(29-25)18-20-12-6-4-7-13-20/h4-17,19H,18H2,1-3H3. The van der Waals surface area contributed by atoms with E-state index in [0.29, 0.717) is 10.9 Å². The summed E-state index contributed by atoms with van der Waals surface area (Å²) in [5.74, 6) is -0.232. The third kappa shape index (κ3) is 3.57. The number of rotatable bonds is 5. The first-order valence-corrected chi connectivity index (χ1v) is 11.4. The second-order valence-electron chi connectivity index (χ2n) is 8.70. The number of hydrogen-bond donors (Lipinski definition) is 0. The molecule has 0 aliphatic carbocycles. The molecule has 6 nitrogen and oxygen atoms in total. The molecule has 3 aromatic carbocycles. The van der Waals surface area contributed by atoms with Gasteiger partial charge in [-0.25, -0.2) is 4.68 Å². The van der Waals surface area contributed by atoms with Gasteiger partial charge in [0.25, 0.3) is 11.5 Å². The highest BCUT2D eigenvalue weighted by molar-refractivity contribution is 6.20. The molecule has 0 atom stereocenters. The predicted octanol–water partition coefficient (Wildman–Crippen LogP) is 4.99. The zero-order valence-corrected chi connectivity index (χ0v) is 19.5. The Morgan fingerprint density at radius 3 is 2.21 bits per heavy atom. The third-order valence-electron chi connectivity index (χ3n) is 6.15. The van der Waals surface area contributed by atoms with Gasteiger partial charge in [-0.2, -0.15) is 5.10 Å². The van der Waals surface area contributed by atoms with Crippen molar-refractivity contribution >= 4 is 33.4 Å². The van der Waals surface area contributed by atoms with Gasteiger partial charge in [0.15, 0.2) is 5.69 Å². The lowest BCUT2D eigenvalue weighted by atomic mass is 10.1. The highest BCUT2D eigenvalue weighted by Crippen LogP contribution is 2.30. The van der Waals surface area contributed by atoms with Gasteiger partial charge >= 0.3 is 0 Å². The first-order valence-electron chi connectivity index (χ1n) is 11.4. The Morgan fingerprint density at radius 1 is 0.912 bits per heavy atom. The molecule has 5 aromatic rings. The SMILES string of the molecule is CC(C)N(C(=O)c1nn(Cc2ccccc2)c(=O)c2c1c1ccccc1n2C)c1ccccc1. The number of para-hydroxylation sites is 2. The zero-order valence-electron chi connectivity index (χ0n) is 19.5. The molecule has 0 spiro atoms. The van der Waals surface area contributed by atoms with Crippen LogP contribution in [0.1, 0.15) is 29.9 Å². The molecule has 2 heterocycles. The summed E-state index contributed by atoms with van der Waals surface area (Å²) < 4.78 is 3.28. The molecule has 0 aliphatic heterocycles. The number of amides is 1. The number of carbonyl (C=O) groups is 1. The van der Waals surface area contributed by atoms with E-state index in [1.54, 1.807) is 4.90 Å². The Morgan fingerprint density at radius 2 is 1.53 bits per heavy atom. The lowest BCUT2D eigenvalue weighted by molar-refractivity contribution is 0.0975. The van der Waals surface area contributed by atoms with Gasteiger partial charge in [-0.1, -0.05) is 66.7 Å². The van der Waals surface area contributed by atoms with E-state index in [4.69, 9.17) is 0 Å². The number of benzene rings is 3. The highest BCUT2D eigenvalue weighted by Gasteiger charge is 2.28. The van der Waals surface area contributed by atoms with Crippen molar-refractivity contribution in [1.29, 1.82) is 0 Å². The van der Waals surface area contributed by atoms with Gasteiger partial charge < -0.3 is 9.47 Å². The van der Waals surface area contributed by atoms with Crippen LogP contribution in [-0.4, -0.2) is 26.3 Å². The minimum absolute atomic E-state index is 0.101. The Balaban J connectivity index is 1.80. The third-order valence-corrected chi connectivity index (χ3v) is 6.15. The molecule has 0 N–H and O–H groups in total. The fourth-order valence-electron chi connectivity index (χ4n) is 4.59. The Labute approximate surface area is 197 Å². The molecule has 170 valence electrons. The van der Waals surface area contributed by atoms with Crippen LogP contribution in [0.5, 0.6) is 0 Å². The van der Waals surface area contributed by atoms with Gasteiger partial charge in [-0.15, -0.1) is 0 Å². The maximum Gasteiger partial charge on any atom is 0.291 e. The molecule has 0 radical (unpaired) electrons. The maximum atomic E-state index is 14.1. The second kappa shape index (κ2) is 8.63. The van der Waals surface area contributed by atoms with E-state index >= 15 is 0 Å². The average Bonchev–Trinajstić information content (AvgIpc) is 3.15.